The number of rotatable bonds is 3. The van der Waals surface area contributed by atoms with Gasteiger partial charge in [0.1, 0.15) is 17.3 Å². The van der Waals surface area contributed by atoms with Crippen molar-refractivity contribution in [3.8, 4) is 11.5 Å². The van der Waals surface area contributed by atoms with E-state index in [1.54, 1.807) is 24.3 Å². The number of halogens is 1. The van der Waals surface area contributed by atoms with Gasteiger partial charge in [0.05, 0.1) is 19.9 Å². The summed E-state index contributed by atoms with van der Waals surface area (Å²) in [7, 11) is 3.05. The minimum absolute atomic E-state index is 0.256. The van der Waals surface area contributed by atoms with Gasteiger partial charge in [-0.05, 0) is 36.6 Å². The Morgan fingerprint density at radius 2 is 1.83 bits per heavy atom. The van der Waals surface area contributed by atoms with Gasteiger partial charge in [0.15, 0.2) is 0 Å². The topological polar surface area (TPSA) is 38.8 Å². The minimum atomic E-state index is -0.370. The molecular formula is C18H18FNO3. The number of para-hydroxylation sites is 1. The van der Waals surface area contributed by atoms with Gasteiger partial charge in [-0.1, -0.05) is 12.1 Å². The van der Waals surface area contributed by atoms with E-state index in [4.69, 9.17) is 9.47 Å². The number of hydrogen-bond donors (Lipinski definition) is 0. The van der Waals surface area contributed by atoms with Crippen LogP contribution < -0.4 is 14.4 Å². The Hall–Kier alpha value is -2.56. The fraction of sp³-hybridized carbons (Fsp3) is 0.278. The summed E-state index contributed by atoms with van der Waals surface area (Å²) in [4.78, 5) is 14.4. The van der Waals surface area contributed by atoms with Crippen LogP contribution in [0, 0.1) is 5.82 Å². The second kappa shape index (κ2) is 6.28. The zero-order valence-electron chi connectivity index (χ0n) is 13.1. The van der Waals surface area contributed by atoms with E-state index >= 15 is 0 Å². The van der Waals surface area contributed by atoms with E-state index in [1.165, 1.54) is 25.2 Å². The van der Waals surface area contributed by atoms with Crippen molar-refractivity contribution in [3.05, 3.63) is 53.3 Å². The summed E-state index contributed by atoms with van der Waals surface area (Å²) in [5.41, 5.74) is 1.65. The summed E-state index contributed by atoms with van der Waals surface area (Å²) in [6, 6.07) is 9.90. The molecule has 5 heteroatoms. The standard InChI is InChI=1S/C18H18FNO3/c1-22-14-9-13(10-15(11-14)23-2)18(21)20-8-4-6-12-5-3-7-16(19)17(12)20/h3,5,7,9-11H,4,6,8H2,1-2H3. The van der Waals surface area contributed by atoms with Crippen LogP contribution in [0.3, 0.4) is 0 Å². The quantitative estimate of drug-likeness (QED) is 0.871. The smallest absolute Gasteiger partial charge is 0.258 e. The Kier molecular flexibility index (Phi) is 4.19. The molecule has 0 N–H and O–H groups in total. The number of aryl methyl sites for hydroxylation is 1. The number of fused-ring (bicyclic) bond motifs is 1. The predicted octanol–water partition coefficient (Wildman–Crippen LogP) is 3.44. The maximum atomic E-state index is 14.2. The average Bonchev–Trinajstić information content (AvgIpc) is 2.60. The first-order chi connectivity index (χ1) is 11.1. The molecule has 23 heavy (non-hydrogen) atoms. The lowest BCUT2D eigenvalue weighted by molar-refractivity contribution is 0.0983. The molecule has 0 saturated heterocycles. The highest BCUT2D eigenvalue weighted by Gasteiger charge is 2.27. The molecule has 0 spiro atoms. The van der Waals surface area contributed by atoms with E-state index in [0.717, 1.165) is 18.4 Å². The molecule has 2 aromatic rings. The summed E-state index contributed by atoms with van der Waals surface area (Å²) >= 11 is 0. The van der Waals surface area contributed by atoms with E-state index < -0.39 is 0 Å². The predicted molar refractivity (Wildman–Crippen MR) is 85.9 cm³/mol. The Bertz CT molecular complexity index is 723. The molecular weight excluding hydrogens is 297 g/mol. The molecule has 0 fully saturated rings. The highest BCUT2D eigenvalue weighted by atomic mass is 19.1. The maximum absolute atomic E-state index is 14.2. The van der Waals surface area contributed by atoms with Crippen molar-refractivity contribution in [1.29, 1.82) is 0 Å². The van der Waals surface area contributed by atoms with Crippen LogP contribution in [0.2, 0.25) is 0 Å². The van der Waals surface area contributed by atoms with Crippen molar-refractivity contribution < 1.29 is 18.7 Å². The van der Waals surface area contributed by atoms with E-state index in [0.29, 0.717) is 29.3 Å². The molecule has 120 valence electrons. The monoisotopic (exact) mass is 315 g/mol. The van der Waals surface area contributed by atoms with Crippen LogP contribution in [0.5, 0.6) is 11.5 Å². The average molecular weight is 315 g/mol. The lowest BCUT2D eigenvalue weighted by atomic mass is 10.00. The minimum Gasteiger partial charge on any atom is -0.497 e. The van der Waals surface area contributed by atoms with Crippen molar-refractivity contribution in [1.82, 2.24) is 0 Å². The summed E-state index contributed by atoms with van der Waals surface area (Å²) in [5, 5.41) is 0. The van der Waals surface area contributed by atoms with Crippen molar-refractivity contribution >= 4 is 11.6 Å². The molecule has 0 bridgehead atoms. The van der Waals surface area contributed by atoms with Gasteiger partial charge in [0.2, 0.25) is 0 Å². The second-order valence-electron chi connectivity index (χ2n) is 5.41. The van der Waals surface area contributed by atoms with Gasteiger partial charge in [0, 0.05) is 18.2 Å². The van der Waals surface area contributed by atoms with Crippen molar-refractivity contribution in [2.45, 2.75) is 12.8 Å². The van der Waals surface area contributed by atoms with Crippen LogP contribution in [0.1, 0.15) is 22.3 Å². The van der Waals surface area contributed by atoms with Crippen LogP contribution in [0.15, 0.2) is 36.4 Å². The first kappa shape index (κ1) is 15.3. The zero-order valence-corrected chi connectivity index (χ0v) is 13.1. The normalized spacial score (nSPS) is 13.4. The number of amides is 1. The molecule has 0 aliphatic carbocycles. The molecule has 0 saturated carbocycles. The third-order valence-electron chi connectivity index (χ3n) is 4.01. The number of hydrogen-bond acceptors (Lipinski definition) is 3. The fourth-order valence-electron chi connectivity index (χ4n) is 2.89. The largest absolute Gasteiger partial charge is 0.497 e. The lowest BCUT2D eigenvalue weighted by Crippen LogP contribution is -2.36. The number of methoxy groups -OCH3 is 2. The highest BCUT2D eigenvalue weighted by molar-refractivity contribution is 6.07. The highest BCUT2D eigenvalue weighted by Crippen LogP contribution is 2.32. The first-order valence-corrected chi connectivity index (χ1v) is 7.46. The van der Waals surface area contributed by atoms with Gasteiger partial charge in [0.25, 0.3) is 5.91 Å². The van der Waals surface area contributed by atoms with Crippen molar-refractivity contribution in [2.75, 3.05) is 25.7 Å². The number of nitrogens with zero attached hydrogens (tertiary/aromatic N) is 1. The molecule has 1 heterocycles. The van der Waals surface area contributed by atoms with Gasteiger partial charge in [-0.2, -0.15) is 0 Å². The van der Waals surface area contributed by atoms with Gasteiger partial charge in [-0.25, -0.2) is 4.39 Å². The Morgan fingerprint density at radius 3 is 2.48 bits per heavy atom. The summed E-state index contributed by atoms with van der Waals surface area (Å²) in [6.45, 7) is 0.492. The molecule has 0 unspecified atom stereocenters. The SMILES string of the molecule is COc1cc(OC)cc(C(=O)N2CCCc3cccc(F)c32)c1. The number of benzene rings is 2. The summed E-state index contributed by atoms with van der Waals surface area (Å²) < 4.78 is 24.7. The lowest BCUT2D eigenvalue weighted by Gasteiger charge is -2.30. The van der Waals surface area contributed by atoms with Crippen LogP contribution >= 0.6 is 0 Å². The van der Waals surface area contributed by atoms with Crippen molar-refractivity contribution in [2.24, 2.45) is 0 Å². The van der Waals surface area contributed by atoms with Gasteiger partial charge in [-0.15, -0.1) is 0 Å². The molecule has 0 aromatic heterocycles. The molecule has 0 radical (unpaired) electrons. The fourth-order valence-corrected chi connectivity index (χ4v) is 2.89. The number of anilines is 1. The van der Waals surface area contributed by atoms with Crippen LogP contribution in [-0.2, 0) is 6.42 Å². The van der Waals surface area contributed by atoms with E-state index in [1.807, 2.05) is 6.07 Å². The molecule has 1 aliphatic rings. The van der Waals surface area contributed by atoms with E-state index in [2.05, 4.69) is 0 Å². The zero-order chi connectivity index (χ0) is 16.4. The van der Waals surface area contributed by atoms with Gasteiger partial charge in [-0.3, -0.25) is 4.79 Å². The molecule has 0 atom stereocenters. The second-order valence-corrected chi connectivity index (χ2v) is 5.41. The molecule has 2 aromatic carbocycles. The van der Waals surface area contributed by atoms with Crippen LogP contribution in [0.4, 0.5) is 10.1 Å². The first-order valence-electron chi connectivity index (χ1n) is 7.46. The number of carbonyl (C=O) groups is 1. The molecule has 1 aliphatic heterocycles. The molecule has 3 rings (SSSR count). The van der Waals surface area contributed by atoms with Crippen molar-refractivity contribution in [3.63, 3.8) is 0 Å². The Balaban J connectivity index is 2.03. The third-order valence-corrected chi connectivity index (χ3v) is 4.01. The van der Waals surface area contributed by atoms with E-state index in [9.17, 15) is 9.18 Å². The Morgan fingerprint density at radius 1 is 1.13 bits per heavy atom. The Labute approximate surface area is 134 Å². The van der Waals surface area contributed by atoms with Crippen LogP contribution in [-0.4, -0.2) is 26.7 Å². The molecule has 4 nitrogen and oxygen atoms in total. The molecule has 1 amide bonds. The van der Waals surface area contributed by atoms with Crippen LogP contribution in [0.25, 0.3) is 0 Å². The van der Waals surface area contributed by atoms with E-state index in [-0.39, 0.29) is 11.7 Å². The number of ether oxygens (including phenoxy) is 2. The third kappa shape index (κ3) is 2.86. The summed E-state index contributed by atoms with van der Waals surface area (Å²) in [5.74, 6) is 0.426. The summed E-state index contributed by atoms with van der Waals surface area (Å²) in [6.07, 6.45) is 1.58. The van der Waals surface area contributed by atoms with Gasteiger partial charge < -0.3 is 14.4 Å². The number of carbonyl (C=O) groups excluding carboxylic acids is 1. The maximum Gasteiger partial charge on any atom is 0.258 e. The van der Waals surface area contributed by atoms with Gasteiger partial charge >= 0.3 is 0 Å².